The highest BCUT2D eigenvalue weighted by atomic mass is 16.3. The zero-order valence-corrected chi connectivity index (χ0v) is 11.0. The van der Waals surface area contributed by atoms with Crippen molar-refractivity contribution in [3.63, 3.8) is 0 Å². The third kappa shape index (κ3) is 1.67. The van der Waals surface area contributed by atoms with Crippen molar-refractivity contribution in [3.8, 4) is 0 Å². The number of aryl methyl sites for hydroxylation is 1. The van der Waals surface area contributed by atoms with Crippen LogP contribution in [0.25, 0.3) is 21.9 Å². The quantitative estimate of drug-likeness (QED) is 0.765. The predicted molar refractivity (Wildman–Crippen MR) is 75.3 cm³/mol. The fraction of sp³-hybridized carbons (Fsp3) is 0.400. The summed E-state index contributed by atoms with van der Waals surface area (Å²) >= 11 is 0. The second kappa shape index (κ2) is 4.10. The fourth-order valence-corrected chi connectivity index (χ4v) is 3.14. The number of aromatic nitrogens is 2. The number of rotatable bonds is 2. The van der Waals surface area contributed by atoms with Gasteiger partial charge in [-0.15, -0.1) is 0 Å². The molecule has 98 valence electrons. The molecule has 0 amide bonds. The van der Waals surface area contributed by atoms with E-state index in [1.807, 2.05) is 12.1 Å². The molecule has 3 aromatic rings. The van der Waals surface area contributed by atoms with Gasteiger partial charge in [0.2, 0.25) is 0 Å². The molecular weight excluding hydrogens is 238 g/mol. The van der Waals surface area contributed by atoms with E-state index in [-0.39, 0.29) is 0 Å². The van der Waals surface area contributed by atoms with Gasteiger partial charge in [-0.3, -0.25) is 4.68 Å². The minimum absolute atomic E-state index is 0.546. The van der Waals surface area contributed by atoms with Crippen LogP contribution in [0.3, 0.4) is 0 Å². The van der Waals surface area contributed by atoms with Crippen LogP contribution in [0.1, 0.15) is 18.5 Å². The lowest BCUT2D eigenvalue weighted by atomic mass is 10.1. The number of hydrogen-bond acceptors (Lipinski definition) is 3. The van der Waals surface area contributed by atoms with Gasteiger partial charge in [0, 0.05) is 16.8 Å². The van der Waals surface area contributed by atoms with E-state index in [0.717, 1.165) is 29.8 Å². The van der Waals surface area contributed by atoms with Gasteiger partial charge in [-0.2, -0.15) is 5.10 Å². The first-order valence-electron chi connectivity index (χ1n) is 6.89. The Morgan fingerprint density at radius 3 is 3.16 bits per heavy atom. The second-order valence-corrected chi connectivity index (χ2v) is 5.35. The Hall–Kier alpha value is -1.81. The van der Waals surface area contributed by atoms with Crippen molar-refractivity contribution in [1.29, 1.82) is 0 Å². The zero-order valence-electron chi connectivity index (χ0n) is 11.0. The summed E-state index contributed by atoms with van der Waals surface area (Å²) in [5.74, 6) is 0. The molecule has 0 bridgehead atoms. The van der Waals surface area contributed by atoms with Crippen LogP contribution < -0.4 is 5.32 Å². The van der Waals surface area contributed by atoms with E-state index in [1.54, 1.807) is 6.26 Å². The molecule has 1 fully saturated rings. The van der Waals surface area contributed by atoms with E-state index in [2.05, 4.69) is 23.0 Å². The van der Waals surface area contributed by atoms with Crippen LogP contribution in [0.15, 0.2) is 28.9 Å². The number of fused-ring (bicyclic) bond motifs is 3. The molecule has 0 unspecified atom stereocenters. The largest absolute Gasteiger partial charge is 0.464 e. The highest BCUT2D eigenvalue weighted by Crippen LogP contribution is 2.28. The van der Waals surface area contributed by atoms with Crippen molar-refractivity contribution in [2.24, 2.45) is 0 Å². The third-order valence-electron chi connectivity index (χ3n) is 4.08. The molecule has 1 atom stereocenters. The molecule has 2 aromatic heterocycles. The maximum absolute atomic E-state index is 5.50. The molecule has 4 heteroatoms. The number of hydrogen-bond donors (Lipinski definition) is 1. The van der Waals surface area contributed by atoms with E-state index < -0.39 is 0 Å². The maximum Gasteiger partial charge on any atom is 0.136 e. The average molecular weight is 255 g/mol. The van der Waals surface area contributed by atoms with Gasteiger partial charge in [0.05, 0.1) is 24.0 Å². The van der Waals surface area contributed by atoms with Crippen LogP contribution in [0.2, 0.25) is 0 Å². The molecular formula is C15H17N3O. The van der Waals surface area contributed by atoms with Crippen LogP contribution in [0, 0.1) is 6.92 Å². The van der Waals surface area contributed by atoms with Crippen molar-refractivity contribution in [1.82, 2.24) is 15.1 Å². The monoisotopic (exact) mass is 255 g/mol. The van der Waals surface area contributed by atoms with Gasteiger partial charge in [0.1, 0.15) is 5.58 Å². The van der Waals surface area contributed by atoms with Crippen molar-refractivity contribution < 1.29 is 4.42 Å². The number of nitrogens with zero attached hydrogens (tertiary/aromatic N) is 2. The van der Waals surface area contributed by atoms with E-state index in [9.17, 15) is 0 Å². The molecule has 0 saturated carbocycles. The summed E-state index contributed by atoms with van der Waals surface area (Å²) in [6.07, 6.45) is 4.26. The molecule has 1 N–H and O–H groups in total. The Kier molecular flexibility index (Phi) is 2.38. The average Bonchev–Trinajstić information content (AvgIpc) is 3.10. The van der Waals surface area contributed by atoms with Crippen LogP contribution in [-0.4, -0.2) is 22.4 Å². The minimum Gasteiger partial charge on any atom is -0.464 e. The van der Waals surface area contributed by atoms with Gasteiger partial charge in [0.15, 0.2) is 0 Å². The summed E-state index contributed by atoms with van der Waals surface area (Å²) in [6.45, 7) is 4.14. The SMILES string of the molecule is Cc1nn(C[C@@H]2CCCN2)c2c1ccc1occc12. The van der Waals surface area contributed by atoms with Crippen molar-refractivity contribution >= 4 is 21.9 Å². The van der Waals surface area contributed by atoms with Crippen LogP contribution >= 0.6 is 0 Å². The summed E-state index contributed by atoms with van der Waals surface area (Å²) in [6, 6.07) is 6.73. The first-order chi connectivity index (χ1) is 9.33. The standard InChI is InChI=1S/C15H17N3O/c1-10-12-4-5-14-13(6-8-19-14)15(12)18(17-10)9-11-3-2-7-16-11/h4-6,8,11,16H,2-3,7,9H2,1H3/t11-/m0/s1. The van der Waals surface area contributed by atoms with Crippen molar-refractivity contribution in [3.05, 3.63) is 30.2 Å². The molecule has 0 spiro atoms. The normalized spacial score (nSPS) is 19.7. The highest BCUT2D eigenvalue weighted by molar-refractivity contribution is 6.04. The topological polar surface area (TPSA) is 43.0 Å². The molecule has 0 aliphatic carbocycles. The minimum atomic E-state index is 0.546. The zero-order chi connectivity index (χ0) is 12.8. The van der Waals surface area contributed by atoms with Gasteiger partial charge < -0.3 is 9.73 Å². The lowest BCUT2D eigenvalue weighted by Crippen LogP contribution is -2.27. The predicted octanol–water partition coefficient (Wildman–Crippen LogP) is 2.84. The summed E-state index contributed by atoms with van der Waals surface area (Å²) in [7, 11) is 0. The summed E-state index contributed by atoms with van der Waals surface area (Å²) in [5.41, 5.74) is 3.24. The van der Waals surface area contributed by atoms with Gasteiger partial charge >= 0.3 is 0 Å². The van der Waals surface area contributed by atoms with Gasteiger partial charge in [-0.25, -0.2) is 0 Å². The molecule has 1 saturated heterocycles. The first kappa shape index (κ1) is 11.1. The smallest absolute Gasteiger partial charge is 0.136 e. The van der Waals surface area contributed by atoms with Crippen molar-refractivity contribution in [2.45, 2.75) is 32.4 Å². The molecule has 4 rings (SSSR count). The fourth-order valence-electron chi connectivity index (χ4n) is 3.14. The second-order valence-electron chi connectivity index (χ2n) is 5.35. The molecule has 3 heterocycles. The van der Waals surface area contributed by atoms with Gasteiger partial charge in [0.25, 0.3) is 0 Å². The van der Waals surface area contributed by atoms with E-state index >= 15 is 0 Å². The Morgan fingerprint density at radius 1 is 1.37 bits per heavy atom. The Bertz CT molecular complexity index is 734. The van der Waals surface area contributed by atoms with E-state index in [4.69, 9.17) is 9.52 Å². The van der Waals surface area contributed by atoms with Crippen molar-refractivity contribution in [2.75, 3.05) is 6.54 Å². The molecule has 4 nitrogen and oxygen atoms in total. The van der Waals surface area contributed by atoms with Gasteiger partial charge in [-0.1, -0.05) is 0 Å². The number of nitrogens with one attached hydrogen (secondary N) is 1. The first-order valence-corrected chi connectivity index (χ1v) is 6.89. The highest BCUT2D eigenvalue weighted by Gasteiger charge is 2.18. The summed E-state index contributed by atoms with van der Waals surface area (Å²) in [4.78, 5) is 0. The van der Waals surface area contributed by atoms with Crippen LogP contribution in [0.5, 0.6) is 0 Å². The molecule has 1 aliphatic heterocycles. The lowest BCUT2D eigenvalue weighted by molar-refractivity contribution is 0.485. The Morgan fingerprint density at radius 2 is 2.32 bits per heavy atom. The molecule has 1 aliphatic rings. The number of benzene rings is 1. The van der Waals surface area contributed by atoms with Crippen LogP contribution in [0.4, 0.5) is 0 Å². The van der Waals surface area contributed by atoms with Gasteiger partial charge in [-0.05, 0) is 44.5 Å². The summed E-state index contributed by atoms with van der Waals surface area (Å²) < 4.78 is 7.65. The number of furan rings is 1. The van der Waals surface area contributed by atoms with E-state index in [0.29, 0.717) is 6.04 Å². The lowest BCUT2D eigenvalue weighted by Gasteiger charge is -2.11. The van der Waals surface area contributed by atoms with Crippen LogP contribution in [-0.2, 0) is 6.54 Å². The molecule has 19 heavy (non-hydrogen) atoms. The Balaban J connectivity index is 1.90. The molecule has 0 radical (unpaired) electrons. The van der Waals surface area contributed by atoms with E-state index in [1.165, 1.54) is 23.7 Å². The maximum atomic E-state index is 5.50. The summed E-state index contributed by atoms with van der Waals surface area (Å²) in [5, 5.41) is 10.6. The molecule has 1 aromatic carbocycles. The third-order valence-corrected chi connectivity index (χ3v) is 4.08. The Labute approximate surface area is 111 Å².